The fourth-order valence-electron chi connectivity index (χ4n) is 3.51. The molecule has 178 valence electrons. The normalized spacial score (nSPS) is 11.9. The molecule has 7 nitrogen and oxygen atoms in total. The second-order valence-corrected chi connectivity index (χ2v) is 10.6. The third-order valence-corrected chi connectivity index (χ3v) is 7.56. The van der Waals surface area contributed by atoms with E-state index in [0.717, 1.165) is 9.99 Å². The van der Waals surface area contributed by atoms with Crippen LogP contribution in [0.1, 0.15) is 35.0 Å². The molecule has 0 aliphatic rings. The van der Waals surface area contributed by atoms with Crippen LogP contribution in [0.4, 0.5) is 0 Å². The number of alkyl halides is 1. The summed E-state index contributed by atoms with van der Waals surface area (Å²) in [7, 11) is -3.71. The molecule has 1 amide bonds. The second kappa shape index (κ2) is 12.0. The largest absolute Gasteiger partial charge is 0.451 e. The number of amides is 1. The lowest BCUT2D eigenvalue weighted by atomic mass is 10.1. The van der Waals surface area contributed by atoms with Gasteiger partial charge in [-0.2, -0.15) is 4.31 Å². The number of hydrogen-bond acceptors (Lipinski definition) is 5. The first kappa shape index (κ1) is 25.7. The maximum absolute atomic E-state index is 13.3. The van der Waals surface area contributed by atoms with Gasteiger partial charge in [0.15, 0.2) is 5.76 Å². The summed E-state index contributed by atoms with van der Waals surface area (Å²) in [5.41, 5.74) is 2.07. The Hall–Kier alpha value is -1.95. The summed E-state index contributed by atoms with van der Waals surface area (Å²) in [6.07, 6.45) is 0.699. The Bertz CT molecular complexity index is 1180. The van der Waals surface area contributed by atoms with Gasteiger partial charge in [-0.25, -0.2) is 8.42 Å². The summed E-state index contributed by atoms with van der Waals surface area (Å²) in [5.74, 6) is -0.148. The number of nitrogens with one attached hydrogen (secondary N) is 1. The standard InChI is InChI=1S/C24H29IN2O5S/c1-3-12-27(13-15-31-14-11-25)33(29,30)20-9-10-22-21(16-20)18(2)23(32-22)24(28)26-17-19-7-5-4-6-8-19/h4-10,16H,3,11-15,17H2,1-2H3,(H,26,28). The molecule has 0 atom stereocenters. The van der Waals surface area contributed by atoms with Gasteiger partial charge in [-0.3, -0.25) is 4.79 Å². The average Bonchev–Trinajstić information content (AvgIpc) is 3.16. The van der Waals surface area contributed by atoms with Crippen LogP contribution in [-0.2, 0) is 21.3 Å². The summed E-state index contributed by atoms with van der Waals surface area (Å²) in [4.78, 5) is 12.9. The van der Waals surface area contributed by atoms with Gasteiger partial charge in [0.25, 0.3) is 5.91 Å². The van der Waals surface area contributed by atoms with Gasteiger partial charge in [-0.05, 0) is 37.1 Å². The maximum Gasteiger partial charge on any atom is 0.287 e. The predicted molar refractivity (Wildman–Crippen MR) is 137 cm³/mol. The Labute approximate surface area is 208 Å². The zero-order chi connectivity index (χ0) is 23.8. The van der Waals surface area contributed by atoms with Gasteiger partial charge in [0.2, 0.25) is 10.0 Å². The molecule has 1 heterocycles. The number of aryl methyl sites for hydroxylation is 1. The lowest BCUT2D eigenvalue weighted by Gasteiger charge is -2.21. The summed E-state index contributed by atoms with van der Waals surface area (Å²) in [5, 5.41) is 3.47. The summed E-state index contributed by atoms with van der Waals surface area (Å²) in [6, 6.07) is 14.3. The molecular weight excluding hydrogens is 555 g/mol. The highest BCUT2D eigenvalue weighted by atomic mass is 127. The van der Waals surface area contributed by atoms with Gasteiger partial charge in [-0.1, -0.05) is 59.8 Å². The highest BCUT2D eigenvalue weighted by molar-refractivity contribution is 14.1. The Morgan fingerprint density at radius 1 is 1.12 bits per heavy atom. The highest BCUT2D eigenvalue weighted by Crippen LogP contribution is 2.29. The van der Waals surface area contributed by atoms with E-state index in [9.17, 15) is 13.2 Å². The number of carbonyl (C=O) groups is 1. The number of hydrogen-bond donors (Lipinski definition) is 1. The number of benzene rings is 2. The van der Waals surface area contributed by atoms with E-state index in [1.165, 1.54) is 10.4 Å². The topological polar surface area (TPSA) is 88.8 Å². The van der Waals surface area contributed by atoms with Crippen molar-refractivity contribution >= 4 is 49.5 Å². The zero-order valence-corrected chi connectivity index (χ0v) is 21.8. The van der Waals surface area contributed by atoms with Crippen LogP contribution in [0.25, 0.3) is 11.0 Å². The highest BCUT2D eigenvalue weighted by Gasteiger charge is 2.26. The molecule has 0 unspecified atom stereocenters. The van der Waals surface area contributed by atoms with E-state index in [2.05, 4.69) is 27.9 Å². The van der Waals surface area contributed by atoms with Crippen LogP contribution in [0.3, 0.4) is 0 Å². The number of sulfonamides is 1. The lowest BCUT2D eigenvalue weighted by molar-refractivity contribution is 0.0924. The lowest BCUT2D eigenvalue weighted by Crippen LogP contribution is -2.34. The van der Waals surface area contributed by atoms with Crippen LogP contribution < -0.4 is 5.32 Å². The van der Waals surface area contributed by atoms with E-state index in [-0.39, 0.29) is 16.6 Å². The summed E-state index contributed by atoms with van der Waals surface area (Å²) in [6.45, 7) is 5.73. The number of ether oxygens (including phenoxy) is 1. The molecule has 3 rings (SSSR count). The van der Waals surface area contributed by atoms with Gasteiger partial charge in [0.05, 0.1) is 18.1 Å². The van der Waals surface area contributed by atoms with E-state index in [1.54, 1.807) is 19.1 Å². The van der Waals surface area contributed by atoms with Crippen molar-refractivity contribution < 1.29 is 22.4 Å². The van der Waals surface area contributed by atoms with Crippen LogP contribution in [0.5, 0.6) is 0 Å². The number of fused-ring (bicyclic) bond motifs is 1. The molecule has 0 aliphatic heterocycles. The van der Waals surface area contributed by atoms with Crippen molar-refractivity contribution in [3.63, 3.8) is 0 Å². The van der Waals surface area contributed by atoms with E-state index in [4.69, 9.17) is 9.15 Å². The molecule has 0 fully saturated rings. The van der Waals surface area contributed by atoms with Crippen molar-refractivity contribution in [1.29, 1.82) is 0 Å². The zero-order valence-electron chi connectivity index (χ0n) is 18.8. The molecule has 0 radical (unpaired) electrons. The Balaban J connectivity index is 1.82. The molecule has 2 aromatic carbocycles. The Morgan fingerprint density at radius 2 is 1.88 bits per heavy atom. The monoisotopic (exact) mass is 584 g/mol. The number of rotatable bonds is 12. The van der Waals surface area contributed by atoms with Crippen molar-refractivity contribution in [2.24, 2.45) is 0 Å². The van der Waals surface area contributed by atoms with Crippen LogP contribution in [-0.4, -0.2) is 49.4 Å². The molecule has 0 bridgehead atoms. The molecule has 1 aromatic heterocycles. The summed E-state index contributed by atoms with van der Waals surface area (Å²) < 4.78 is 40.2. The van der Waals surface area contributed by atoms with E-state index in [0.29, 0.717) is 55.8 Å². The molecule has 1 N–H and O–H groups in total. The van der Waals surface area contributed by atoms with Crippen LogP contribution >= 0.6 is 22.6 Å². The van der Waals surface area contributed by atoms with E-state index in [1.807, 2.05) is 37.3 Å². The first-order chi connectivity index (χ1) is 15.9. The molecule has 0 aliphatic carbocycles. The van der Waals surface area contributed by atoms with Gasteiger partial charge >= 0.3 is 0 Å². The molecule has 0 saturated heterocycles. The smallest absolute Gasteiger partial charge is 0.287 e. The van der Waals surface area contributed by atoms with Crippen molar-refractivity contribution in [2.75, 3.05) is 30.7 Å². The van der Waals surface area contributed by atoms with E-state index >= 15 is 0 Å². The Morgan fingerprint density at radius 3 is 2.58 bits per heavy atom. The van der Waals surface area contributed by atoms with Crippen LogP contribution in [0.2, 0.25) is 0 Å². The van der Waals surface area contributed by atoms with Gasteiger partial charge < -0.3 is 14.5 Å². The fourth-order valence-corrected chi connectivity index (χ4v) is 5.36. The van der Waals surface area contributed by atoms with Crippen LogP contribution in [0.15, 0.2) is 57.8 Å². The number of nitrogens with zero attached hydrogens (tertiary/aromatic N) is 1. The van der Waals surface area contributed by atoms with Gasteiger partial charge in [0, 0.05) is 35.0 Å². The first-order valence-corrected chi connectivity index (χ1v) is 13.8. The number of furan rings is 1. The van der Waals surface area contributed by atoms with Gasteiger partial charge in [-0.15, -0.1) is 0 Å². The third-order valence-electron chi connectivity index (χ3n) is 5.23. The Kier molecular flexibility index (Phi) is 9.30. The minimum atomic E-state index is -3.71. The number of halogens is 1. The summed E-state index contributed by atoms with van der Waals surface area (Å²) >= 11 is 2.22. The van der Waals surface area contributed by atoms with E-state index < -0.39 is 10.0 Å². The van der Waals surface area contributed by atoms with Crippen molar-refractivity contribution in [3.05, 3.63) is 65.4 Å². The molecule has 33 heavy (non-hydrogen) atoms. The SMILES string of the molecule is CCCN(CCOCCI)S(=O)(=O)c1ccc2oc(C(=O)NCc3ccccc3)c(C)c2c1. The molecule has 0 spiro atoms. The minimum Gasteiger partial charge on any atom is -0.451 e. The number of carbonyl (C=O) groups excluding carboxylic acids is 1. The predicted octanol–water partition coefficient (Wildman–Crippen LogP) is 4.52. The average molecular weight is 584 g/mol. The molecule has 0 saturated carbocycles. The minimum absolute atomic E-state index is 0.178. The third kappa shape index (κ3) is 6.34. The van der Waals surface area contributed by atoms with Crippen molar-refractivity contribution in [2.45, 2.75) is 31.7 Å². The fraction of sp³-hybridized carbons (Fsp3) is 0.375. The first-order valence-electron chi connectivity index (χ1n) is 10.9. The quantitative estimate of drug-likeness (QED) is 0.192. The van der Waals surface area contributed by atoms with Crippen LogP contribution in [0, 0.1) is 6.92 Å². The molecular formula is C24H29IN2O5S. The molecule has 9 heteroatoms. The second-order valence-electron chi connectivity index (χ2n) is 7.59. The van der Waals surface area contributed by atoms with Crippen molar-refractivity contribution in [3.8, 4) is 0 Å². The maximum atomic E-state index is 13.3. The molecule has 3 aromatic rings. The van der Waals surface area contributed by atoms with Gasteiger partial charge in [0.1, 0.15) is 5.58 Å². The van der Waals surface area contributed by atoms with Crippen molar-refractivity contribution in [1.82, 2.24) is 9.62 Å².